The Bertz CT molecular complexity index is 248. The molecule has 3 nitrogen and oxygen atoms in total. The molecule has 0 saturated heterocycles. The van der Waals surface area contributed by atoms with Gasteiger partial charge in [-0.1, -0.05) is 33.6 Å². The van der Waals surface area contributed by atoms with Crippen LogP contribution < -0.4 is 11.1 Å². The van der Waals surface area contributed by atoms with Crippen molar-refractivity contribution in [1.29, 1.82) is 0 Å². The number of nitrogens with one attached hydrogen (secondary N) is 1. The number of rotatable bonds is 3. The van der Waals surface area contributed by atoms with Crippen LogP contribution in [-0.4, -0.2) is 18.0 Å². The lowest BCUT2D eigenvalue weighted by Gasteiger charge is -2.39. The lowest BCUT2D eigenvalue weighted by Crippen LogP contribution is -2.50. The fraction of sp³-hybridized carbons (Fsp3) is 0.923. The third kappa shape index (κ3) is 3.21. The van der Waals surface area contributed by atoms with Gasteiger partial charge in [0.1, 0.15) is 0 Å². The molecule has 94 valence electrons. The Morgan fingerprint density at radius 3 is 2.50 bits per heavy atom. The van der Waals surface area contributed by atoms with Gasteiger partial charge in [-0.25, -0.2) is 0 Å². The first-order valence-corrected chi connectivity index (χ1v) is 6.40. The fourth-order valence-corrected chi connectivity index (χ4v) is 2.30. The van der Waals surface area contributed by atoms with Gasteiger partial charge in [-0.2, -0.15) is 0 Å². The molecule has 0 heterocycles. The van der Waals surface area contributed by atoms with E-state index >= 15 is 0 Å². The van der Waals surface area contributed by atoms with E-state index in [2.05, 4.69) is 19.2 Å². The van der Waals surface area contributed by atoms with Crippen molar-refractivity contribution in [3.05, 3.63) is 0 Å². The third-order valence-corrected chi connectivity index (χ3v) is 4.03. The summed E-state index contributed by atoms with van der Waals surface area (Å²) in [7, 11) is 0. The minimum atomic E-state index is -0.0993. The third-order valence-electron chi connectivity index (χ3n) is 4.03. The van der Waals surface area contributed by atoms with Crippen molar-refractivity contribution in [2.45, 2.75) is 65.5 Å². The highest BCUT2D eigenvalue weighted by molar-refractivity contribution is 5.79. The highest BCUT2D eigenvalue weighted by atomic mass is 16.2. The molecule has 3 heteroatoms. The van der Waals surface area contributed by atoms with Gasteiger partial charge in [0.25, 0.3) is 0 Å². The summed E-state index contributed by atoms with van der Waals surface area (Å²) in [6, 6.07) is 0.238. The molecule has 1 saturated carbocycles. The van der Waals surface area contributed by atoms with E-state index in [4.69, 9.17) is 5.73 Å². The number of carbonyl (C=O) groups excluding carboxylic acids is 1. The first-order chi connectivity index (χ1) is 7.34. The zero-order valence-corrected chi connectivity index (χ0v) is 11.0. The van der Waals surface area contributed by atoms with Crippen molar-refractivity contribution < 1.29 is 4.79 Å². The average Bonchev–Trinajstić information content (AvgIpc) is 2.19. The Labute approximate surface area is 99.2 Å². The van der Waals surface area contributed by atoms with E-state index in [9.17, 15) is 4.79 Å². The summed E-state index contributed by atoms with van der Waals surface area (Å²) in [5, 5.41) is 3.17. The molecule has 3 N–H and O–H groups in total. The number of carbonyl (C=O) groups is 1. The van der Waals surface area contributed by atoms with Gasteiger partial charge >= 0.3 is 0 Å². The number of nitrogens with two attached hydrogens (primary N) is 1. The van der Waals surface area contributed by atoms with Crippen molar-refractivity contribution in [3.8, 4) is 0 Å². The van der Waals surface area contributed by atoms with Gasteiger partial charge in [0.2, 0.25) is 5.91 Å². The monoisotopic (exact) mass is 226 g/mol. The van der Waals surface area contributed by atoms with Crippen LogP contribution in [0.4, 0.5) is 0 Å². The second kappa shape index (κ2) is 5.17. The van der Waals surface area contributed by atoms with Gasteiger partial charge in [0.05, 0.1) is 0 Å². The lowest BCUT2D eigenvalue weighted by atomic mass is 9.73. The number of hydrogen-bond acceptors (Lipinski definition) is 2. The van der Waals surface area contributed by atoms with Crippen LogP contribution in [0.1, 0.15) is 53.4 Å². The Kier molecular flexibility index (Phi) is 4.36. The highest BCUT2D eigenvalue weighted by Gasteiger charge is 2.34. The minimum Gasteiger partial charge on any atom is -0.353 e. The molecule has 0 bridgehead atoms. The average molecular weight is 226 g/mol. The van der Waals surface area contributed by atoms with E-state index in [0.29, 0.717) is 6.04 Å². The normalized spacial score (nSPS) is 28.2. The Balaban J connectivity index is 2.55. The van der Waals surface area contributed by atoms with Crippen LogP contribution in [0.15, 0.2) is 0 Å². The van der Waals surface area contributed by atoms with E-state index in [-0.39, 0.29) is 23.3 Å². The summed E-state index contributed by atoms with van der Waals surface area (Å²) >= 11 is 0. The minimum absolute atomic E-state index is 0.0771. The van der Waals surface area contributed by atoms with Gasteiger partial charge in [-0.15, -0.1) is 0 Å². The molecule has 0 aromatic heterocycles. The molecule has 0 aliphatic heterocycles. The molecule has 1 amide bonds. The van der Waals surface area contributed by atoms with Gasteiger partial charge in [0, 0.05) is 18.0 Å². The lowest BCUT2D eigenvalue weighted by molar-refractivity contribution is -0.126. The molecule has 3 atom stereocenters. The second-order valence-corrected chi connectivity index (χ2v) is 5.94. The zero-order chi connectivity index (χ0) is 12.3. The zero-order valence-electron chi connectivity index (χ0n) is 11.0. The summed E-state index contributed by atoms with van der Waals surface area (Å²) in [5.41, 5.74) is 5.98. The molecular formula is C13H26N2O. The SMILES string of the molecule is CC(N)C(C)C(=O)NC1CCCCC1(C)C. The fourth-order valence-electron chi connectivity index (χ4n) is 2.30. The van der Waals surface area contributed by atoms with Crippen molar-refractivity contribution in [1.82, 2.24) is 5.32 Å². The van der Waals surface area contributed by atoms with Crippen LogP contribution in [0.2, 0.25) is 0 Å². The van der Waals surface area contributed by atoms with Crippen molar-refractivity contribution >= 4 is 5.91 Å². The van der Waals surface area contributed by atoms with E-state index in [1.54, 1.807) is 0 Å². The second-order valence-electron chi connectivity index (χ2n) is 5.94. The molecular weight excluding hydrogens is 200 g/mol. The predicted octanol–water partition coefficient (Wildman–Crippen LogP) is 2.05. The Morgan fingerprint density at radius 1 is 1.38 bits per heavy atom. The molecule has 1 fully saturated rings. The molecule has 16 heavy (non-hydrogen) atoms. The Hall–Kier alpha value is -0.570. The topological polar surface area (TPSA) is 55.1 Å². The molecule has 1 aliphatic carbocycles. The standard InChI is InChI=1S/C13H26N2O/c1-9(10(2)14)12(16)15-11-7-5-6-8-13(11,3)4/h9-11H,5-8,14H2,1-4H3,(H,15,16). The van der Waals surface area contributed by atoms with Crippen molar-refractivity contribution in [2.24, 2.45) is 17.1 Å². The molecule has 1 rings (SSSR count). The smallest absolute Gasteiger partial charge is 0.224 e. The predicted molar refractivity (Wildman–Crippen MR) is 67.0 cm³/mol. The summed E-state index contributed by atoms with van der Waals surface area (Å²) in [5.74, 6) is 0.00713. The van der Waals surface area contributed by atoms with Gasteiger partial charge in [-0.3, -0.25) is 4.79 Å². The summed E-state index contributed by atoms with van der Waals surface area (Å²) in [6.07, 6.45) is 4.80. The van der Waals surface area contributed by atoms with Crippen molar-refractivity contribution in [2.75, 3.05) is 0 Å². The molecule has 0 aromatic carbocycles. The van der Waals surface area contributed by atoms with Crippen LogP contribution in [-0.2, 0) is 4.79 Å². The van der Waals surface area contributed by atoms with Crippen LogP contribution in [0.5, 0.6) is 0 Å². The van der Waals surface area contributed by atoms with Crippen LogP contribution in [0.25, 0.3) is 0 Å². The Morgan fingerprint density at radius 2 is 2.00 bits per heavy atom. The van der Waals surface area contributed by atoms with E-state index < -0.39 is 0 Å². The van der Waals surface area contributed by atoms with Crippen LogP contribution >= 0.6 is 0 Å². The van der Waals surface area contributed by atoms with Crippen molar-refractivity contribution in [3.63, 3.8) is 0 Å². The molecule has 1 aliphatic rings. The summed E-state index contributed by atoms with van der Waals surface area (Å²) in [4.78, 5) is 11.9. The van der Waals surface area contributed by atoms with Gasteiger partial charge < -0.3 is 11.1 Å². The maximum atomic E-state index is 11.9. The van der Waals surface area contributed by atoms with Crippen LogP contribution in [0, 0.1) is 11.3 Å². The molecule has 0 aromatic rings. The first kappa shape index (κ1) is 13.5. The van der Waals surface area contributed by atoms with E-state index in [0.717, 1.165) is 6.42 Å². The maximum absolute atomic E-state index is 11.9. The molecule has 3 unspecified atom stereocenters. The summed E-state index contributed by atoms with van der Waals surface area (Å²) in [6.45, 7) is 8.27. The molecule has 0 spiro atoms. The van der Waals surface area contributed by atoms with Gasteiger partial charge in [0.15, 0.2) is 0 Å². The largest absolute Gasteiger partial charge is 0.353 e. The van der Waals surface area contributed by atoms with Gasteiger partial charge in [-0.05, 0) is 25.2 Å². The maximum Gasteiger partial charge on any atom is 0.224 e. The van der Waals surface area contributed by atoms with E-state index in [1.807, 2.05) is 13.8 Å². The van der Waals surface area contributed by atoms with Crippen LogP contribution in [0.3, 0.4) is 0 Å². The number of amides is 1. The number of hydrogen-bond donors (Lipinski definition) is 2. The van der Waals surface area contributed by atoms with E-state index in [1.165, 1.54) is 19.3 Å². The molecule has 0 radical (unpaired) electrons. The quantitative estimate of drug-likeness (QED) is 0.774. The highest BCUT2D eigenvalue weighted by Crippen LogP contribution is 2.35. The first-order valence-electron chi connectivity index (χ1n) is 6.40. The summed E-state index contributed by atoms with van der Waals surface area (Å²) < 4.78 is 0.